The SMILES string of the molecule is COC(=O)c1c(Oc2cccc(-c3nc(CO)c[nH]3)c2)ccc2[nH]ccc12. The molecule has 0 fully saturated rings. The number of ether oxygens (including phenoxy) is 2. The van der Waals surface area contributed by atoms with Gasteiger partial charge in [-0.3, -0.25) is 0 Å². The van der Waals surface area contributed by atoms with Crippen LogP contribution in [0, 0.1) is 0 Å². The number of aliphatic hydroxyl groups excluding tert-OH is 1. The van der Waals surface area contributed by atoms with E-state index in [4.69, 9.17) is 14.6 Å². The number of hydrogen-bond donors (Lipinski definition) is 3. The lowest BCUT2D eigenvalue weighted by molar-refractivity contribution is 0.0600. The molecule has 7 nitrogen and oxygen atoms in total. The second-order valence-corrected chi connectivity index (χ2v) is 5.90. The number of imidazole rings is 1. The Bertz CT molecular complexity index is 1110. The first-order chi connectivity index (χ1) is 13.2. The number of carbonyl (C=O) groups excluding carboxylic acids is 1. The minimum atomic E-state index is -0.468. The molecule has 4 aromatic rings. The van der Waals surface area contributed by atoms with Crippen molar-refractivity contribution in [2.75, 3.05) is 7.11 Å². The first-order valence-electron chi connectivity index (χ1n) is 8.31. The standard InChI is InChI=1S/C20H17N3O4/c1-26-20(25)18-15-7-8-21-16(15)5-6-17(18)27-14-4-2-3-12(9-14)19-22-10-13(11-24)23-19/h2-10,21,24H,11H2,1H3,(H,22,23). The van der Waals surface area contributed by atoms with Crippen molar-refractivity contribution in [1.29, 1.82) is 0 Å². The van der Waals surface area contributed by atoms with E-state index in [2.05, 4.69) is 15.0 Å². The molecule has 7 heteroatoms. The van der Waals surface area contributed by atoms with Crippen LogP contribution >= 0.6 is 0 Å². The normalized spacial score (nSPS) is 10.9. The zero-order valence-electron chi connectivity index (χ0n) is 14.5. The number of aromatic nitrogens is 3. The Balaban J connectivity index is 1.72. The van der Waals surface area contributed by atoms with E-state index in [9.17, 15) is 4.79 Å². The van der Waals surface area contributed by atoms with E-state index in [0.29, 0.717) is 28.6 Å². The van der Waals surface area contributed by atoms with Gasteiger partial charge >= 0.3 is 5.97 Å². The molecule has 27 heavy (non-hydrogen) atoms. The van der Waals surface area contributed by atoms with Crippen LogP contribution in [0.15, 0.2) is 54.9 Å². The Morgan fingerprint density at radius 2 is 2.07 bits per heavy atom. The van der Waals surface area contributed by atoms with Crippen LogP contribution in [0.4, 0.5) is 0 Å². The Kier molecular flexibility index (Phi) is 4.35. The molecule has 0 bridgehead atoms. The molecule has 0 aliphatic rings. The number of hydrogen-bond acceptors (Lipinski definition) is 5. The largest absolute Gasteiger partial charge is 0.465 e. The third kappa shape index (κ3) is 3.16. The molecule has 2 heterocycles. The van der Waals surface area contributed by atoms with Crippen LogP contribution in [0.5, 0.6) is 11.5 Å². The Morgan fingerprint density at radius 1 is 1.19 bits per heavy atom. The third-order valence-electron chi connectivity index (χ3n) is 4.21. The lowest BCUT2D eigenvalue weighted by Crippen LogP contribution is -2.04. The molecule has 0 spiro atoms. The van der Waals surface area contributed by atoms with Crippen molar-refractivity contribution >= 4 is 16.9 Å². The number of benzene rings is 2. The zero-order valence-corrected chi connectivity index (χ0v) is 14.5. The van der Waals surface area contributed by atoms with Crippen molar-refractivity contribution in [2.24, 2.45) is 0 Å². The van der Waals surface area contributed by atoms with Crippen LogP contribution in [0.2, 0.25) is 0 Å². The summed E-state index contributed by atoms with van der Waals surface area (Å²) in [5.74, 6) is 1.11. The van der Waals surface area contributed by atoms with E-state index in [1.54, 1.807) is 24.5 Å². The molecule has 136 valence electrons. The van der Waals surface area contributed by atoms with Gasteiger partial charge in [0.25, 0.3) is 0 Å². The van der Waals surface area contributed by atoms with Gasteiger partial charge in [-0.05, 0) is 30.3 Å². The highest BCUT2D eigenvalue weighted by Gasteiger charge is 2.19. The van der Waals surface area contributed by atoms with Gasteiger partial charge < -0.3 is 24.5 Å². The maximum atomic E-state index is 12.3. The maximum Gasteiger partial charge on any atom is 0.342 e. The number of aliphatic hydroxyl groups is 1. The van der Waals surface area contributed by atoms with Crippen molar-refractivity contribution in [3.63, 3.8) is 0 Å². The number of methoxy groups -OCH3 is 1. The summed E-state index contributed by atoms with van der Waals surface area (Å²) < 4.78 is 10.9. The van der Waals surface area contributed by atoms with Crippen molar-refractivity contribution in [3.05, 3.63) is 66.1 Å². The smallest absolute Gasteiger partial charge is 0.342 e. The molecule has 0 saturated heterocycles. The molecule has 0 radical (unpaired) electrons. The van der Waals surface area contributed by atoms with E-state index in [-0.39, 0.29) is 6.61 Å². The highest BCUT2D eigenvalue weighted by Crippen LogP contribution is 2.33. The molecule has 2 aromatic heterocycles. The van der Waals surface area contributed by atoms with Crippen molar-refractivity contribution in [3.8, 4) is 22.9 Å². The average Bonchev–Trinajstić information content (AvgIpc) is 3.36. The van der Waals surface area contributed by atoms with Gasteiger partial charge in [0.2, 0.25) is 0 Å². The molecule has 0 saturated carbocycles. The number of nitrogens with zero attached hydrogens (tertiary/aromatic N) is 1. The van der Waals surface area contributed by atoms with Crippen molar-refractivity contribution < 1.29 is 19.4 Å². The van der Waals surface area contributed by atoms with Gasteiger partial charge in [0.05, 0.1) is 19.4 Å². The molecule has 0 atom stereocenters. The summed E-state index contributed by atoms with van der Waals surface area (Å²) in [4.78, 5) is 22.7. The summed E-state index contributed by atoms with van der Waals surface area (Å²) in [7, 11) is 1.34. The minimum absolute atomic E-state index is 0.133. The minimum Gasteiger partial charge on any atom is -0.465 e. The van der Waals surface area contributed by atoms with Crippen LogP contribution in [0.3, 0.4) is 0 Å². The number of fused-ring (bicyclic) bond motifs is 1. The average molecular weight is 363 g/mol. The summed E-state index contributed by atoms with van der Waals surface area (Å²) >= 11 is 0. The Hall–Kier alpha value is -3.58. The molecule has 4 rings (SSSR count). The predicted octanol–water partition coefficient (Wildman–Crippen LogP) is 3.63. The first kappa shape index (κ1) is 16.9. The number of H-pyrrole nitrogens is 2. The van der Waals surface area contributed by atoms with Crippen LogP contribution < -0.4 is 4.74 Å². The molecule has 3 N–H and O–H groups in total. The van der Waals surface area contributed by atoms with E-state index in [0.717, 1.165) is 16.5 Å². The first-order valence-corrected chi connectivity index (χ1v) is 8.31. The van der Waals surface area contributed by atoms with Crippen LogP contribution in [0.1, 0.15) is 16.1 Å². The second kappa shape index (κ2) is 6.97. The van der Waals surface area contributed by atoms with Crippen molar-refractivity contribution in [1.82, 2.24) is 15.0 Å². The third-order valence-corrected chi connectivity index (χ3v) is 4.21. The highest BCUT2D eigenvalue weighted by molar-refractivity contribution is 6.06. The number of nitrogens with one attached hydrogen (secondary N) is 2. The maximum absolute atomic E-state index is 12.3. The number of rotatable bonds is 5. The number of aromatic amines is 2. The lowest BCUT2D eigenvalue weighted by atomic mass is 10.1. The predicted molar refractivity (Wildman–Crippen MR) is 99.7 cm³/mol. The van der Waals surface area contributed by atoms with Crippen LogP contribution in [-0.2, 0) is 11.3 Å². The second-order valence-electron chi connectivity index (χ2n) is 5.90. The molecular weight excluding hydrogens is 346 g/mol. The topological polar surface area (TPSA) is 100 Å². The van der Waals surface area contributed by atoms with Crippen molar-refractivity contribution in [2.45, 2.75) is 6.61 Å². The van der Waals surface area contributed by atoms with Gasteiger partial charge in [-0.15, -0.1) is 0 Å². The van der Waals surface area contributed by atoms with E-state index in [1.165, 1.54) is 7.11 Å². The zero-order chi connectivity index (χ0) is 18.8. The number of esters is 1. The monoisotopic (exact) mass is 363 g/mol. The summed E-state index contributed by atoms with van der Waals surface area (Å²) in [5.41, 5.74) is 2.54. The molecule has 0 aliphatic heterocycles. The summed E-state index contributed by atoms with van der Waals surface area (Å²) in [5, 5.41) is 9.90. The lowest BCUT2D eigenvalue weighted by Gasteiger charge is -2.12. The number of carbonyl (C=O) groups is 1. The molecule has 0 aliphatic carbocycles. The molecule has 0 amide bonds. The fourth-order valence-electron chi connectivity index (χ4n) is 2.93. The van der Waals surface area contributed by atoms with Gasteiger partial charge in [-0.2, -0.15) is 0 Å². The molecular formula is C20H17N3O4. The molecule has 2 aromatic carbocycles. The summed E-state index contributed by atoms with van der Waals surface area (Å²) in [6, 6.07) is 12.7. The summed E-state index contributed by atoms with van der Waals surface area (Å²) in [6.45, 7) is -0.133. The van der Waals surface area contributed by atoms with E-state index in [1.807, 2.05) is 30.3 Å². The van der Waals surface area contributed by atoms with E-state index >= 15 is 0 Å². The van der Waals surface area contributed by atoms with Gasteiger partial charge in [0.15, 0.2) is 0 Å². The van der Waals surface area contributed by atoms with Gasteiger partial charge in [-0.1, -0.05) is 12.1 Å². The van der Waals surface area contributed by atoms with Gasteiger partial charge in [0, 0.05) is 28.9 Å². The Morgan fingerprint density at radius 3 is 2.85 bits per heavy atom. The Labute approximate surface area is 154 Å². The van der Waals surface area contributed by atoms with Crippen LogP contribution in [0.25, 0.3) is 22.3 Å². The quantitative estimate of drug-likeness (QED) is 0.470. The van der Waals surface area contributed by atoms with Gasteiger partial charge in [-0.25, -0.2) is 9.78 Å². The highest BCUT2D eigenvalue weighted by atomic mass is 16.5. The fourth-order valence-corrected chi connectivity index (χ4v) is 2.93. The molecule has 0 unspecified atom stereocenters. The summed E-state index contributed by atoms with van der Waals surface area (Å²) in [6.07, 6.45) is 3.41. The fraction of sp³-hybridized carbons (Fsp3) is 0.100. The van der Waals surface area contributed by atoms with E-state index < -0.39 is 5.97 Å². The van der Waals surface area contributed by atoms with Crippen LogP contribution in [-0.4, -0.2) is 33.1 Å². The van der Waals surface area contributed by atoms with Gasteiger partial charge in [0.1, 0.15) is 22.9 Å².